The van der Waals surface area contributed by atoms with Gasteiger partial charge in [-0.15, -0.1) is 0 Å². The smallest absolute Gasteiger partial charge is 0.387 e. The van der Waals surface area contributed by atoms with E-state index in [1.165, 1.54) is 0 Å². The molecule has 12 N–H and O–H groups in total. The van der Waals surface area contributed by atoms with Crippen molar-refractivity contribution in [1.82, 2.24) is 29.1 Å². The van der Waals surface area contributed by atoms with Crippen molar-refractivity contribution >= 4 is 56.1 Å². The van der Waals surface area contributed by atoms with Gasteiger partial charge < -0.3 is 60.1 Å². The Morgan fingerprint density at radius 2 is 1.15 bits per heavy atom. The van der Waals surface area contributed by atoms with Gasteiger partial charge in [0, 0.05) is 12.3 Å². The monoisotopic (exact) mass is 893 g/mol. The van der Waals surface area contributed by atoms with Gasteiger partial charge in [0.15, 0.2) is 23.9 Å². The van der Waals surface area contributed by atoms with Gasteiger partial charge in [-0.3, -0.25) is 28.0 Å². The SMILES string of the molecule is Nc1ncnc2c1ncn2[C@@H]1O[C@@H](COP(=O)(O)OP(=O)(O)OP(=O)(O)OP(=O)(O)OP(=O)(O)OC[C@@H]2O[C@@H](n3ccc(=O)[nH]c3=O)[C@H](O)[C@H]2O)[C@H](O)[C@H]1O. The predicted octanol–water partition coefficient (Wildman–Crippen LogP) is -3.20. The number of phosphoric ester groups is 2. The fraction of sp³-hybridized carbons (Fsp3) is 0.526. The number of nitrogen functional groups attached to an aromatic ring is 1. The Labute approximate surface area is 302 Å². The van der Waals surface area contributed by atoms with Gasteiger partial charge >= 0.3 is 44.8 Å². The molecule has 0 radical (unpaired) electrons. The van der Waals surface area contributed by atoms with Crippen LogP contribution in [0.3, 0.4) is 0 Å². The van der Waals surface area contributed by atoms with E-state index in [0.717, 1.165) is 29.5 Å². The Morgan fingerprint density at radius 1 is 0.691 bits per heavy atom. The first-order chi connectivity index (χ1) is 25.3. The third-order valence-corrected chi connectivity index (χ3v) is 14.6. The number of H-pyrrole nitrogens is 1. The first-order valence-electron chi connectivity index (χ1n) is 14.4. The van der Waals surface area contributed by atoms with Crippen molar-refractivity contribution in [3.8, 4) is 0 Å². The second kappa shape index (κ2) is 16.0. The van der Waals surface area contributed by atoms with Crippen LogP contribution >= 0.6 is 39.1 Å². The van der Waals surface area contributed by atoms with Crippen molar-refractivity contribution < 1.29 is 103 Å². The molecular formula is C19H28N7O24P5. The number of nitrogens with two attached hydrogens (primary N) is 1. The van der Waals surface area contributed by atoms with Crippen LogP contribution < -0.4 is 17.0 Å². The van der Waals surface area contributed by atoms with Gasteiger partial charge in [0.2, 0.25) is 0 Å². The summed E-state index contributed by atoms with van der Waals surface area (Å²) in [6.45, 7) is -2.44. The number of fused-ring (bicyclic) bond motifs is 1. The standard InChI is InChI=1S/C19H28N7O24P5/c20-15-10-16(22-5-21-15)26(6-23-10)18-14(31)12(29)8(46-18)4-44-52(35,36)48-54(39,40)50-55(41,42)49-53(37,38)47-51(33,34)43-3-7-11(28)13(30)17(45-7)25-2-1-9(27)24-19(25)32/h1-2,5-8,11-14,17-18,28-31H,3-4H2,(H,33,34)(H,35,36)(H,37,38)(H,39,40)(H,41,42)(H2,20,21,22)(H,24,27,32)/t7-,8-,11-,12-,13+,14+,17+,18+/m0/s1. The molecule has 2 fully saturated rings. The first kappa shape index (κ1) is 43.6. The molecule has 0 amide bonds. The highest BCUT2D eigenvalue weighted by Crippen LogP contribution is 2.73. The van der Waals surface area contributed by atoms with Gasteiger partial charge in [0.05, 0.1) is 19.5 Å². The summed E-state index contributed by atoms with van der Waals surface area (Å²) in [5.41, 5.74) is 3.90. The third kappa shape index (κ3) is 10.5. The van der Waals surface area contributed by atoms with E-state index >= 15 is 0 Å². The third-order valence-electron chi connectivity index (χ3n) is 7.09. The minimum atomic E-state index is -6.47. The van der Waals surface area contributed by atoms with E-state index in [0.29, 0.717) is 4.57 Å². The molecule has 3 aromatic heterocycles. The Morgan fingerprint density at radius 3 is 1.62 bits per heavy atom. The van der Waals surface area contributed by atoms with Crippen LogP contribution in [0.25, 0.3) is 11.2 Å². The molecule has 3 aromatic rings. The summed E-state index contributed by atoms with van der Waals surface area (Å²) in [4.78, 5) is 85.7. The molecule has 36 heteroatoms. The van der Waals surface area contributed by atoms with Crippen LogP contribution in [0.1, 0.15) is 12.5 Å². The number of anilines is 1. The van der Waals surface area contributed by atoms with E-state index in [1.807, 2.05) is 4.98 Å². The summed E-state index contributed by atoms with van der Waals surface area (Å²) >= 11 is 0. The zero-order chi connectivity index (χ0) is 40.9. The Kier molecular flexibility index (Phi) is 12.7. The van der Waals surface area contributed by atoms with Gasteiger partial charge in [-0.1, -0.05) is 0 Å². The van der Waals surface area contributed by atoms with Crippen LogP contribution in [-0.2, 0) is 58.6 Å². The number of aromatic amines is 1. The minimum absolute atomic E-state index is 0.0418. The van der Waals surface area contributed by atoms with E-state index in [-0.39, 0.29) is 17.0 Å². The van der Waals surface area contributed by atoms with Crippen molar-refractivity contribution in [3.05, 3.63) is 45.8 Å². The van der Waals surface area contributed by atoms with Crippen LogP contribution in [0.4, 0.5) is 5.82 Å². The Hall–Kier alpha value is -2.50. The highest BCUT2D eigenvalue weighted by molar-refractivity contribution is 7.71. The Bertz CT molecular complexity index is 2270. The van der Waals surface area contributed by atoms with Gasteiger partial charge in [-0.05, 0) is 0 Å². The van der Waals surface area contributed by atoms with Crippen LogP contribution in [0.2, 0.25) is 0 Å². The largest absolute Gasteiger partial charge is 0.490 e. The minimum Gasteiger partial charge on any atom is -0.387 e. The molecule has 0 bridgehead atoms. The lowest BCUT2D eigenvalue weighted by Gasteiger charge is -2.21. The van der Waals surface area contributed by atoms with Crippen LogP contribution in [-0.4, -0.2) is 124 Å². The Balaban J connectivity index is 1.13. The molecule has 0 spiro atoms. The molecule has 2 saturated heterocycles. The molecule has 31 nitrogen and oxygen atoms in total. The molecule has 2 aliphatic rings. The van der Waals surface area contributed by atoms with Gasteiger partial charge in [-0.25, -0.2) is 42.6 Å². The highest BCUT2D eigenvalue weighted by Gasteiger charge is 2.51. The molecule has 5 unspecified atom stereocenters. The number of aromatic nitrogens is 6. The lowest BCUT2D eigenvalue weighted by Crippen LogP contribution is -2.37. The fourth-order valence-electron chi connectivity index (χ4n) is 4.83. The van der Waals surface area contributed by atoms with Crippen LogP contribution in [0, 0.1) is 0 Å². The first-order valence-corrected chi connectivity index (χ1v) is 21.8. The summed E-state index contributed by atoms with van der Waals surface area (Å²) in [5, 5.41) is 41.2. The van der Waals surface area contributed by atoms with E-state index < -0.39 is 113 Å². The van der Waals surface area contributed by atoms with Crippen molar-refractivity contribution in [3.63, 3.8) is 0 Å². The van der Waals surface area contributed by atoms with E-state index in [4.69, 9.17) is 15.2 Å². The fourth-order valence-corrected chi connectivity index (χ4v) is 11.2. The summed E-state index contributed by atoms with van der Waals surface area (Å²) < 4.78 is 97.3. The van der Waals surface area contributed by atoms with Crippen LogP contribution in [0.5, 0.6) is 0 Å². The van der Waals surface area contributed by atoms with Gasteiger partial charge in [0.25, 0.3) is 5.56 Å². The van der Waals surface area contributed by atoms with Crippen molar-refractivity contribution in [2.45, 2.75) is 49.1 Å². The number of aliphatic hydroxyl groups is 4. The number of aliphatic hydroxyl groups excluding tert-OH is 4. The van der Waals surface area contributed by atoms with Gasteiger partial charge in [-0.2, -0.15) is 17.2 Å². The van der Waals surface area contributed by atoms with E-state index in [1.54, 1.807) is 0 Å². The van der Waals surface area contributed by atoms with E-state index in [2.05, 4.69) is 41.2 Å². The highest BCUT2D eigenvalue weighted by atomic mass is 31.3. The molecule has 55 heavy (non-hydrogen) atoms. The number of hydrogen-bond acceptors (Lipinski definition) is 23. The summed E-state index contributed by atoms with van der Waals surface area (Å²) in [7, 11) is -31.0. The lowest BCUT2D eigenvalue weighted by molar-refractivity contribution is -0.0542. The lowest BCUT2D eigenvalue weighted by atomic mass is 10.1. The van der Waals surface area contributed by atoms with Gasteiger partial charge in [0.1, 0.15) is 48.5 Å². The maximum Gasteiger partial charge on any atom is 0.490 e. The average Bonchev–Trinajstić information content (AvgIpc) is 3.67. The number of hydrogen-bond donors (Lipinski definition) is 11. The number of phosphoric acid groups is 5. The number of rotatable bonds is 16. The number of ether oxygens (including phenoxy) is 2. The van der Waals surface area contributed by atoms with Crippen LogP contribution in [0.15, 0.2) is 34.5 Å². The molecule has 5 rings (SSSR count). The number of imidazole rings is 1. The normalized spacial score (nSPS) is 31.3. The predicted molar refractivity (Wildman–Crippen MR) is 168 cm³/mol. The molecule has 5 heterocycles. The zero-order valence-corrected chi connectivity index (χ0v) is 31.0. The summed E-state index contributed by atoms with van der Waals surface area (Å²) in [6.07, 6.45) is -11.0. The maximum atomic E-state index is 12.4. The average molecular weight is 893 g/mol. The molecule has 0 aliphatic carbocycles. The van der Waals surface area contributed by atoms with Crippen molar-refractivity contribution in [2.24, 2.45) is 0 Å². The maximum absolute atomic E-state index is 12.4. The van der Waals surface area contributed by atoms with Crippen molar-refractivity contribution in [1.29, 1.82) is 0 Å². The second-order valence-electron chi connectivity index (χ2n) is 11.0. The zero-order valence-electron chi connectivity index (χ0n) is 26.5. The number of nitrogens with one attached hydrogen (secondary N) is 1. The second-order valence-corrected chi connectivity index (χ2v) is 18.8. The summed E-state index contributed by atoms with van der Waals surface area (Å²) in [5.74, 6) is -0.0458. The number of nitrogens with zero attached hydrogens (tertiary/aromatic N) is 5. The molecule has 308 valence electrons. The molecule has 0 saturated carbocycles. The molecule has 0 aromatic carbocycles. The molecule has 13 atom stereocenters. The molecular weight excluding hydrogens is 865 g/mol. The molecule has 2 aliphatic heterocycles. The van der Waals surface area contributed by atoms with E-state index in [9.17, 15) is 77.3 Å². The summed E-state index contributed by atoms with van der Waals surface area (Å²) in [6, 6.07) is 0.851. The quantitative estimate of drug-likeness (QED) is 0.0631. The topological polar surface area (TPSA) is 466 Å². The van der Waals surface area contributed by atoms with Crippen molar-refractivity contribution in [2.75, 3.05) is 18.9 Å².